The molecule has 7 heteroatoms. The van der Waals surface area contributed by atoms with Crippen molar-refractivity contribution in [1.82, 2.24) is 9.55 Å². The van der Waals surface area contributed by atoms with Crippen LogP contribution in [0, 0.1) is 0 Å². The van der Waals surface area contributed by atoms with Crippen molar-refractivity contribution in [2.24, 2.45) is 0 Å². The van der Waals surface area contributed by atoms with Gasteiger partial charge in [0.05, 0.1) is 18.3 Å². The van der Waals surface area contributed by atoms with E-state index in [1.807, 2.05) is 12.3 Å². The van der Waals surface area contributed by atoms with Gasteiger partial charge in [0.2, 0.25) is 5.91 Å². The van der Waals surface area contributed by atoms with E-state index in [2.05, 4.69) is 21.1 Å². The summed E-state index contributed by atoms with van der Waals surface area (Å²) in [5, 5.41) is 3.83. The van der Waals surface area contributed by atoms with E-state index in [-0.39, 0.29) is 11.7 Å². The van der Waals surface area contributed by atoms with Crippen molar-refractivity contribution in [2.45, 2.75) is 31.6 Å². The van der Waals surface area contributed by atoms with E-state index < -0.39 is 0 Å². The van der Waals surface area contributed by atoms with E-state index in [0.717, 1.165) is 16.5 Å². The minimum atomic E-state index is -0.121. The standard InChI is InChI=1S/C14H15BN3O3/c1-8(19)17-14-4-10-11(12-7-20-21-15-12)6-18(9-2-3-9)13(10)5-16-14/h4-6,9,12H,2-3,7H2,1H3,(H,16,17,19). The monoisotopic (exact) mass is 284 g/mol. The molecule has 1 saturated heterocycles. The summed E-state index contributed by atoms with van der Waals surface area (Å²) in [5.74, 6) is 0.564. The van der Waals surface area contributed by atoms with E-state index in [0.29, 0.717) is 18.5 Å². The van der Waals surface area contributed by atoms with Crippen LogP contribution in [0.15, 0.2) is 18.5 Å². The average molecular weight is 284 g/mol. The van der Waals surface area contributed by atoms with E-state index in [4.69, 9.17) is 9.69 Å². The zero-order valence-electron chi connectivity index (χ0n) is 11.7. The van der Waals surface area contributed by atoms with Gasteiger partial charge in [-0.2, -0.15) is 0 Å². The third-order valence-corrected chi connectivity index (χ3v) is 3.93. The Morgan fingerprint density at radius 3 is 3.05 bits per heavy atom. The van der Waals surface area contributed by atoms with Crippen LogP contribution in [0.4, 0.5) is 5.82 Å². The van der Waals surface area contributed by atoms with Gasteiger partial charge in [-0.3, -0.25) is 9.68 Å². The van der Waals surface area contributed by atoms with Crippen LogP contribution < -0.4 is 5.32 Å². The van der Waals surface area contributed by atoms with Crippen molar-refractivity contribution < 1.29 is 14.5 Å². The Bertz CT molecular complexity index is 705. The Kier molecular flexibility index (Phi) is 2.97. The van der Waals surface area contributed by atoms with Crippen molar-refractivity contribution in [1.29, 1.82) is 0 Å². The van der Waals surface area contributed by atoms with Gasteiger partial charge in [-0.15, -0.1) is 0 Å². The predicted octanol–water partition coefficient (Wildman–Crippen LogP) is 1.95. The molecule has 107 valence electrons. The molecule has 1 amide bonds. The summed E-state index contributed by atoms with van der Waals surface area (Å²) in [7, 11) is 1.71. The number of nitrogens with zero attached hydrogens (tertiary/aromatic N) is 2. The van der Waals surface area contributed by atoms with Crippen LogP contribution in [0.1, 0.15) is 37.2 Å². The minimum Gasteiger partial charge on any atom is -0.343 e. The van der Waals surface area contributed by atoms with Crippen molar-refractivity contribution >= 4 is 30.1 Å². The van der Waals surface area contributed by atoms with Gasteiger partial charge < -0.3 is 14.7 Å². The van der Waals surface area contributed by atoms with Gasteiger partial charge in [-0.05, 0) is 24.5 Å². The zero-order chi connectivity index (χ0) is 14.4. The number of anilines is 1. The molecule has 2 aliphatic rings. The highest BCUT2D eigenvalue weighted by Gasteiger charge is 2.30. The van der Waals surface area contributed by atoms with E-state index in [1.54, 1.807) is 7.48 Å². The molecule has 4 rings (SSSR count). The largest absolute Gasteiger partial charge is 0.354 e. The van der Waals surface area contributed by atoms with Crippen LogP contribution in [-0.4, -0.2) is 29.5 Å². The summed E-state index contributed by atoms with van der Waals surface area (Å²) in [6.45, 7) is 2.00. The van der Waals surface area contributed by atoms with Crippen LogP contribution in [0.2, 0.25) is 0 Å². The van der Waals surface area contributed by atoms with Gasteiger partial charge in [0, 0.05) is 30.4 Å². The van der Waals surface area contributed by atoms with Crippen molar-refractivity contribution in [3.8, 4) is 0 Å². The van der Waals surface area contributed by atoms with Crippen LogP contribution in [0.5, 0.6) is 0 Å². The second kappa shape index (κ2) is 4.86. The van der Waals surface area contributed by atoms with Crippen LogP contribution >= 0.6 is 0 Å². The lowest BCUT2D eigenvalue weighted by atomic mass is 9.77. The quantitative estimate of drug-likeness (QED) is 0.691. The summed E-state index contributed by atoms with van der Waals surface area (Å²) >= 11 is 0. The number of hydrogen-bond acceptors (Lipinski definition) is 4. The fraction of sp³-hybridized carbons (Fsp3) is 0.429. The lowest BCUT2D eigenvalue weighted by Crippen LogP contribution is -2.07. The lowest BCUT2D eigenvalue weighted by molar-refractivity contribution is -0.183. The van der Waals surface area contributed by atoms with Gasteiger partial charge >= 0.3 is 7.48 Å². The average Bonchev–Trinajstić information content (AvgIpc) is 3.01. The molecule has 1 radical (unpaired) electrons. The number of hydrogen-bond donors (Lipinski definition) is 1. The predicted molar refractivity (Wildman–Crippen MR) is 77.8 cm³/mol. The van der Waals surface area contributed by atoms with Crippen LogP contribution in [0.25, 0.3) is 10.9 Å². The van der Waals surface area contributed by atoms with Gasteiger partial charge in [0.15, 0.2) is 0 Å². The maximum Gasteiger partial charge on any atom is 0.354 e. The first-order chi connectivity index (χ1) is 10.2. The number of fused-ring (bicyclic) bond motifs is 1. The molecule has 0 bridgehead atoms. The topological polar surface area (TPSA) is 65.4 Å². The molecular formula is C14H15BN3O3. The fourth-order valence-electron chi connectivity index (χ4n) is 2.79. The number of aromatic nitrogens is 2. The van der Waals surface area contributed by atoms with Gasteiger partial charge in [0.1, 0.15) is 5.82 Å². The van der Waals surface area contributed by atoms with E-state index in [1.165, 1.54) is 19.8 Å². The molecule has 3 heterocycles. The lowest BCUT2D eigenvalue weighted by Gasteiger charge is -2.05. The zero-order valence-corrected chi connectivity index (χ0v) is 11.7. The number of carbonyl (C=O) groups is 1. The summed E-state index contributed by atoms with van der Waals surface area (Å²) in [5.41, 5.74) is 2.25. The number of amides is 1. The minimum absolute atomic E-state index is 0.111. The normalized spacial score (nSPS) is 21.5. The maximum absolute atomic E-state index is 11.2. The first-order valence-electron chi connectivity index (χ1n) is 7.12. The Balaban J connectivity index is 1.83. The van der Waals surface area contributed by atoms with E-state index in [9.17, 15) is 4.79 Å². The number of pyridine rings is 1. The molecule has 2 aromatic heterocycles. The first kappa shape index (κ1) is 12.9. The highest BCUT2D eigenvalue weighted by Crippen LogP contribution is 2.41. The fourth-order valence-corrected chi connectivity index (χ4v) is 2.79. The molecule has 1 aliphatic heterocycles. The number of carbonyl (C=O) groups excluding carboxylic acids is 1. The highest BCUT2D eigenvalue weighted by atomic mass is 17.2. The summed E-state index contributed by atoms with van der Waals surface area (Å²) in [6, 6.07) is 2.50. The molecular weight excluding hydrogens is 269 g/mol. The van der Waals surface area contributed by atoms with Crippen LogP contribution in [0.3, 0.4) is 0 Å². The SMILES string of the molecule is CC(=O)Nc1cc2c(C3[B]OOC3)cn(C3CC3)c2cn1. The second-order valence-corrected chi connectivity index (χ2v) is 5.61. The third kappa shape index (κ3) is 2.32. The van der Waals surface area contributed by atoms with Gasteiger partial charge in [0.25, 0.3) is 0 Å². The Labute approximate surface area is 122 Å². The molecule has 1 unspecified atom stereocenters. The molecule has 1 N–H and O–H groups in total. The maximum atomic E-state index is 11.2. The Hall–Kier alpha value is -1.86. The summed E-state index contributed by atoms with van der Waals surface area (Å²) in [4.78, 5) is 25.5. The van der Waals surface area contributed by atoms with Gasteiger partial charge in [-0.25, -0.2) is 4.98 Å². The smallest absolute Gasteiger partial charge is 0.343 e. The summed E-state index contributed by atoms with van der Waals surface area (Å²) in [6.07, 6.45) is 6.41. The van der Waals surface area contributed by atoms with E-state index >= 15 is 0 Å². The molecule has 1 atom stereocenters. The molecule has 1 saturated carbocycles. The second-order valence-electron chi connectivity index (χ2n) is 5.61. The first-order valence-corrected chi connectivity index (χ1v) is 7.12. The number of rotatable bonds is 3. The third-order valence-electron chi connectivity index (χ3n) is 3.93. The highest BCUT2D eigenvalue weighted by molar-refractivity contribution is 6.31. The summed E-state index contributed by atoms with van der Waals surface area (Å²) < 4.78 is 2.28. The molecule has 0 spiro atoms. The molecule has 6 nitrogen and oxygen atoms in total. The molecule has 21 heavy (non-hydrogen) atoms. The molecule has 0 aromatic carbocycles. The molecule has 2 aromatic rings. The Morgan fingerprint density at radius 2 is 2.38 bits per heavy atom. The van der Waals surface area contributed by atoms with Crippen molar-refractivity contribution in [3.63, 3.8) is 0 Å². The number of nitrogens with one attached hydrogen (secondary N) is 1. The van der Waals surface area contributed by atoms with Crippen LogP contribution in [-0.2, 0) is 14.5 Å². The van der Waals surface area contributed by atoms with Gasteiger partial charge in [-0.1, -0.05) is 0 Å². The molecule has 2 fully saturated rings. The van der Waals surface area contributed by atoms with Crippen molar-refractivity contribution in [2.75, 3.05) is 11.9 Å². The Morgan fingerprint density at radius 1 is 1.52 bits per heavy atom. The van der Waals surface area contributed by atoms with Crippen molar-refractivity contribution in [3.05, 3.63) is 24.0 Å². The molecule has 1 aliphatic carbocycles.